The number of rotatable bonds is 4. The van der Waals surface area contributed by atoms with E-state index in [1.165, 1.54) is 12.1 Å². The summed E-state index contributed by atoms with van der Waals surface area (Å²) in [5.74, 6) is 0. The number of alkyl halides is 6. The van der Waals surface area contributed by atoms with Crippen LogP contribution in [0.1, 0.15) is 24.0 Å². The lowest BCUT2D eigenvalue weighted by Gasteiger charge is -2.20. The van der Waals surface area contributed by atoms with E-state index in [0.29, 0.717) is 6.07 Å². The van der Waals surface area contributed by atoms with Crippen LogP contribution < -0.4 is 0 Å². The van der Waals surface area contributed by atoms with Gasteiger partial charge in [-0.25, -0.2) is 0 Å². The summed E-state index contributed by atoms with van der Waals surface area (Å²) in [6.07, 6.45) is -11.8. The van der Waals surface area contributed by atoms with E-state index in [1.54, 1.807) is 0 Å². The first-order valence-electron chi connectivity index (χ1n) is 6.17. The van der Waals surface area contributed by atoms with Crippen LogP contribution in [0.5, 0.6) is 0 Å². The quantitative estimate of drug-likeness (QED) is 0.691. The Morgan fingerprint density at radius 2 is 1.52 bits per heavy atom. The predicted octanol–water partition coefficient (Wildman–Crippen LogP) is 5.28. The zero-order valence-corrected chi connectivity index (χ0v) is 12.1. The maximum atomic E-state index is 12.6. The van der Waals surface area contributed by atoms with Gasteiger partial charge in [-0.05, 0) is 24.1 Å². The van der Waals surface area contributed by atoms with E-state index in [2.05, 4.69) is 0 Å². The van der Waals surface area contributed by atoms with Crippen LogP contribution in [0.4, 0.5) is 26.3 Å². The smallest absolute Gasteiger partial charge is 0.197 e. The lowest BCUT2D eigenvalue weighted by atomic mass is 9.80. The SMILES string of the molecule is N#CC(C#N)(CCC(F)(F)F)Cc1ccc(C(F)(F)F)c(Cl)c1. The van der Waals surface area contributed by atoms with Gasteiger partial charge in [-0.2, -0.15) is 36.9 Å². The van der Waals surface area contributed by atoms with Crippen molar-refractivity contribution < 1.29 is 26.3 Å². The number of hydrogen-bond acceptors (Lipinski definition) is 2. The second-order valence-corrected chi connectivity index (χ2v) is 5.32. The Bertz CT molecular complexity index is 637. The second-order valence-electron chi connectivity index (χ2n) is 4.91. The van der Waals surface area contributed by atoms with Gasteiger partial charge in [0.1, 0.15) is 5.41 Å². The average molecular weight is 355 g/mol. The first-order valence-corrected chi connectivity index (χ1v) is 6.55. The van der Waals surface area contributed by atoms with E-state index in [4.69, 9.17) is 22.1 Å². The molecule has 9 heteroatoms. The van der Waals surface area contributed by atoms with Crippen LogP contribution >= 0.6 is 11.6 Å². The minimum absolute atomic E-state index is 0.0771. The van der Waals surface area contributed by atoms with E-state index in [-0.39, 0.29) is 5.56 Å². The summed E-state index contributed by atoms with van der Waals surface area (Å²) in [5, 5.41) is 17.4. The molecule has 0 aliphatic rings. The van der Waals surface area contributed by atoms with Gasteiger partial charge in [-0.1, -0.05) is 17.7 Å². The van der Waals surface area contributed by atoms with Gasteiger partial charge in [-0.3, -0.25) is 0 Å². The molecule has 124 valence electrons. The van der Waals surface area contributed by atoms with E-state index >= 15 is 0 Å². The molecule has 1 rings (SSSR count). The third kappa shape index (κ3) is 5.33. The maximum absolute atomic E-state index is 12.6. The van der Waals surface area contributed by atoms with Crippen molar-refractivity contribution in [1.29, 1.82) is 10.5 Å². The molecule has 0 saturated heterocycles. The van der Waals surface area contributed by atoms with Crippen LogP contribution in [0.25, 0.3) is 0 Å². The minimum atomic E-state index is -4.67. The molecule has 23 heavy (non-hydrogen) atoms. The van der Waals surface area contributed by atoms with Gasteiger partial charge in [0.2, 0.25) is 0 Å². The fourth-order valence-corrected chi connectivity index (χ4v) is 2.22. The number of nitriles is 2. The van der Waals surface area contributed by atoms with Crippen molar-refractivity contribution in [2.75, 3.05) is 0 Å². The van der Waals surface area contributed by atoms with Gasteiger partial charge in [0, 0.05) is 12.8 Å². The first-order chi connectivity index (χ1) is 10.4. The molecule has 0 unspecified atom stereocenters. The fourth-order valence-electron chi connectivity index (χ4n) is 1.91. The van der Waals surface area contributed by atoms with Crippen molar-refractivity contribution in [3.05, 3.63) is 34.3 Å². The summed E-state index contributed by atoms with van der Waals surface area (Å²) in [6, 6.07) is 5.61. The highest BCUT2D eigenvalue weighted by atomic mass is 35.5. The van der Waals surface area contributed by atoms with Crippen LogP contribution in [0, 0.1) is 28.1 Å². The molecule has 0 aromatic heterocycles. The van der Waals surface area contributed by atoms with Gasteiger partial charge in [-0.15, -0.1) is 0 Å². The van der Waals surface area contributed by atoms with Gasteiger partial charge >= 0.3 is 12.4 Å². The Kier molecular flexibility index (Phi) is 5.55. The molecule has 0 saturated carbocycles. The number of hydrogen-bond donors (Lipinski definition) is 0. The van der Waals surface area contributed by atoms with Crippen molar-refractivity contribution in [3.63, 3.8) is 0 Å². The van der Waals surface area contributed by atoms with E-state index in [9.17, 15) is 26.3 Å². The summed E-state index contributed by atoms with van der Waals surface area (Å²) in [4.78, 5) is 0. The highest BCUT2D eigenvalue weighted by Gasteiger charge is 2.38. The number of nitrogens with zero attached hydrogens (tertiary/aromatic N) is 2. The zero-order valence-electron chi connectivity index (χ0n) is 11.4. The Balaban J connectivity index is 3.05. The van der Waals surface area contributed by atoms with Crippen LogP contribution in [0.3, 0.4) is 0 Å². The first kappa shape index (κ1) is 19.1. The Morgan fingerprint density at radius 3 is 1.91 bits per heavy atom. The Hall–Kier alpha value is -1.93. The molecule has 1 aromatic rings. The Morgan fingerprint density at radius 1 is 0.957 bits per heavy atom. The summed E-state index contributed by atoms with van der Waals surface area (Å²) < 4.78 is 74.6. The molecule has 2 nitrogen and oxygen atoms in total. The van der Waals surface area contributed by atoms with Crippen LogP contribution in [-0.2, 0) is 12.6 Å². The van der Waals surface area contributed by atoms with Crippen LogP contribution in [0.2, 0.25) is 5.02 Å². The summed E-state index contributed by atoms with van der Waals surface area (Å²) in [6.45, 7) is 0. The molecule has 0 bridgehead atoms. The molecule has 0 radical (unpaired) electrons. The van der Waals surface area contributed by atoms with Gasteiger partial charge in [0.05, 0.1) is 22.7 Å². The van der Waals surface area contributed by atoms with Crippen molar-refractivity contribution in [3.8, 4) is 12.1 Å². The number of halogens is 7. The van der Waals surface area contributed by atoms with Gasteiger partial charge in [0.25, 0.3) is 0 Å². The third-order valence-corrected chi connectivity index (χ3v) is 3.42. The summed E-state index contributed by atoms with van der Waals surface area (Å²) in [7, 11) is 0. The molecule has 0 fully saturated rings. The lowest BCUT2D eigenvalue weighted by Crippen LogP contribution is -2.23. The number of benzene rings is 1. The summed E-state index contributed by atoms with van der Waals surface area (Å²) >= 11 is 5.51. The van der Waals surface area contributed by atoms with Crippen molar-refractivity contribution >= 4 is 11.6 Å². The molecular weight excluding hydrogens is 346 g/mol. The molecule has 0 heterocycles. The standard InChI is InChI=1S/C14H9ClF6N2/c15-11-5-9(1-2-10(11)14(19,20)21)6-12(7-22,8-23)3-4-13(16,17)18/h1-2,5H,3-4,6H2. The van der Waals surface area contributed by atoms with E-state index < -0.39 is 47.6 Å². The molecule has 0 spiro atoms. The monoisotopic (exact) mass is 354 g/mol. The lowest BCUT2D eigenvalue weighted by molar-refractivity contribution is -0.138. The molecule has 0 aliphatic carbocycles. The van der Waals surface area contributed by atoms with Crippen molar-refractivity contribution in [2.45, 2.75) is 31.6 Å². The third-order valence-electron chi connectivity index (χ3n) is 3.11. The molecule has 1 aromatic carbocycles. The average Bonchev–Trinajstić information content (AvgIpc) is 2.41. The molecule has 0 aliphatic heterocycles. The van der Waals surface area contributed by atoms with Crippen molar-refractivity contribution in [2.24, 2.45) is 5.41 Å². The zero-order chi connectivity index (χ0) is 17.9. The van der Waals surface area contributed by atoms with Crippen LogP contribution in [0.15, 0.2) is 18.2 Å². The highest BCUT2D eigenvalue weighted by molar-refractivity contribution is 6.31. The minimum Gasteiger partial charge on any atom is -0.197 e. The van der Waals surface area contributed by atoms with Crippen molar-refractivity contribution in [1.82, 2.24) is 0 Å². The van der Waals surface area contributed by atoms with Crippen LogP contribution in [-0.4, -0.2) is 6.18 Å². The molecule has 0 amide bonds. The molecule has 0 N–H and O–H groups in total. The predicted molar refractivity (Wildman–Crippen MR) is 69.1 cm³/mol. The van der Waals surface area contributed by atoms with E-state index in [1.807, 2.05) is 0 Å². The largest absolute Gasteiger partial charge is 0.417 e. The van der Waals surface area contributed by atoms with Gasteiger partial charge in [0.15, 0.2) is 0 Å². The maximum Gasteiger partial charge on any atom is 0.417 e. The Labute approximate surface area is 132 Å². The van der Waals surface area contributed by atoms with E-state index in [0.717, 1.165) is 12.1 Å². The molecular formula is C14H9ClF6N2. The topological polar surface area (TPSA) is 47.6 Å². The molecule has 0 atom stereocenters. The second kappa shape index (κ2) is 6.67. The van der Waals surface area contributed by atoms with Gasteiger partial charge < -0.3 is 0 Å². The normalized spacial score (nSPS) is 12.6. The fraction of sp³-hybridized carbons (Fsp3) is 0.429. The highest BCUT2D eigenvalue weighted by Crippen LogP contribution is 2.37. The summed E-state index contributed by atoms with van der Waals surface area (Å²) in [5.41, 5.74) is -3.01.